The Balaban J connectivity index is 1.14. The molecule has 0 aliphatic rings. The zero-order valence-electron chi connectivity index (χ0n) is 26.1. The average molecular weight is 615 g/mol. The van der Waals surface area contributed by atoms with E-state index in [1.165, 1.54) is 22.3 Å². The van der Waals surface area contributed by atoms with Crippen LogP contribution in [0.5, 0.6) is 0 Å². The molecule has 0 N–H and O–H groups in total. The van der Waals surface area contributed by atoms with E-state index >= 15 is 0 Å². The number of fused-ring (bicyclic) bond motifs is 5. The first-order chi connectivity index (χ1) is 23.8. The maximum Gasteiger partial charge on any atom is 0.227 e. The van der Waals surface area contributed by atoms with E-state index in [4.69, 9.17) is 9.40 Å². The highest BCUT2D eigenvalue weighted by Crippen LogP contribution is 2.40. The summed E-state index contributed by atoms with van der Waals surface area (Å²) in [5, 5.41) is 4.47. The number of hydrogen-bond donors (Lipinski definition) is 0. The van der Waals surface area contributed by atoms with Crippen LogP contribution in [0.2, 0.25) is 0 Å². The smallest absolute Gasteiger partial charge is 0.227 e. The minimum absolute atomic E-state index is 0.631. The van der Waals surface area contributed by atoms with Crippen LogP contribution in [0, 0.1) is 0 Å². The van der Waals surface area contributed by atoms with E-state index in [1.54, 1.807) is 0 Å². The van der Waals surface area contributed by atoms with Crippen molar-refractivity contribution in [3.63, 3.8) is 0 Å². The van der Waals surface area contributed by atoms with Gasteiger partial charge in [-0.1, -0.05) is 127 Å². The maximum absolute atomic E-state index is 6.51. The number of benzene rings is 8. The van der Waals surface area contributed by atoms with E-state index in [0.717, 1.165) is 55.3 Å². The molecule has 48 heavy (non-hydrogen) atoms. The van der Waals surface area contributed by atoms with Gasteiger partial charge in [-0.05, 0) is 93.0 Å². The summed E-state index contributed by atoms with van der Waals surface area (Å²) in [5.74, 6) is 0.631. The van der Waals surface area contributed by atoms with Gasteiger partial charge in [-0.15, -0.1) is 0 Å². The van der Waals surface area contributed by atoms with Gasteiger partial charge in [0, 0.05) is 28.0 Å². The Hall–Kier alpha value is -6.45. The van der Waals surface area contributed by atoms with Crippen molar-refractivity contribution >= 4 is 49.7 Å². The molecule has 0 unspecified atom stereocenters. The highest BCUT2D eigenvalue weighted by Gasteiger charge is 2.17. The minimum Gasteiger partial charge on any atom is -0.435 e. The lowest BCUT2D eigenvalue weighted by Gasteiger charge is -2.26. The van der Waals surface area contributed by atoms with Gasteiger partial charge in [-0.25, -0.2) is 4.98 Å². The van der Waals surface area contributed by atoms with Crippen LogP contribution in [0.15, 0.2) is 186 Å². The second-order valence-corrected chi connectivity index (χ2v) is 12.0. The van der Waals surface area contributed by atoms with Gasteiger partial charge in [-0.3, -0.25) is 0 Å². The van der Waals surface area contributed by atoms with Gasteiger partial charge in [0.25, 0.3) is 0 Å². The van der Waals surface area contributed by atoms with E-state index in [2.05, 4.69) is 157 Å². The molecule has 3 nitrogen and oxygen atoms in total. The van der Waals surface area contributed by atoms with Crippen molar-refractivity contribution in [1.82, 2.24) is 4.98 Å². The van der Waals surface area contributed by atoms with Crippen molar-refractivity contribution in [3.8, 4) is 33.7 Å². The molecule has 9 aromatic rings. The van der Waals surface area contributed by atoms with Crippen LogP contribution in [-0.4, -0.2) is 4.98 Å². The van der Waals surface area contributed by atoms with Crippen molar-refractivity contribution in [2.75, 3.05) is 4.90 Å². The van der Waals surface area contributed by atoms with Gasteiger partial charge in [-0.2, -0.15) is 0 Å². The molecular weight excluding hydrogens is 585 g/mol. The van der Waals surface area contributed by atoms with Gasteiger partial charge in [0.15, 0.2) is 5.58 Å². The minimum atomic E-state index is 0.631. The normalized spacial score (nSPS) is 11.3. The fourth-order valence-electron chi connectivity index (χ4n) is 6.67. The van der Waals surface area contributed by atoms with E-state index < -0.39 is 0 Å². The molecule has 0 fully saturated rings. The van der Waals surface area contributed by atoms with Gasteiger partial charge in [0.1, 0.15) is 5.52 Å². The van der Waals surface area contributed by atoms with E-state index in [1.807, 2.05) is 30.3 Å². The van der Waals surface area contributed by atoms with Crippen LogP contribution in [0.1, 0.15) is 0 Å². The molecule has 0 spiro atoms. The average Bonchev–Trinajstić information content (AvgIpc) is 3.61. The summed E-state index contributed by atoms with van der Waals surface area (Å²) in [6.45, 7) is 0. The molecule has 0 aliphatic heterocycles. The highest BCUT2D eigenvalue weighted by molar-refractivity contribution is 6.18. The molecular formula is C45H30N2O. The summed E-state index contributed by atoms with van der Waals surface area (Å²) in [4.78, 5) is 7.18. The SMILES string of the molecule is c1ccc(-c2ccc(-c3ccc(N(c4ccccc4)c4ccc5ccc6ccc7nc(-c8ccccc8)oc7c6c5c4)cc3)cc2)cc1. The molecule has 3 heteroatoms. The molecule has 1 aromatic heterocycles. The molecule has 0 aliphatic carbocycles. The predicted molar refractivity (Wildman–Crippen MR) is 200 cm³/mol. The Morgan fingerprint density at radius 2 is 0.875 bits per heavy atom. The standard InChI is InChI=1S/C45H30N2O/c1-4-10-31(11-5-1)32-16-18-33(19-17-32)34-22-26-39(27-23-34)47(38-14-8-3-9-15-38)40-28-24-35-20-21-36-25-29-42-44(43(36)41(35)30-40)48-45(46-42)37-12-6-2-7-13-37/h1-30H. The van der Waals surface area contributed by atoms with Crippen molar-refractivity contribution < 1.29 is 4.42 Å². The van der Waals surface area contributed by atoms with Crippen LogP contribution in [-0.2, 0) is 0 Å². The molecule has 9 rings (SSSR count). The zero-order valence-corrected chi connectivity index (χ0v) is 26.1. The van der Waals surface area contributed by atoms with Crippen molar-refractivity contribution in [1.29, 1.82) is 0 Å². The Kier molecular flexibility index (Phi) is 6.80. The number of oxazole rings is 1. The lowest BCUT2D eigenvalue weighted by atomic mass is 9.99. The fourth-order valence-corrected chi connectivity index (χ4v) is 6.67. The summed E-state index contributed by atoms with van der Waals surface area (Å²) in [6, 6.07) is 64.0. The van der Waals surface area contributed by atoms with Crippen molar-refractivity contribution in [3.05, 3.63) is 182 Å². The van der Waals surface area contributed by atoms with Crippen molar-refractivity contribution in [2.24, 2.45) is 0 Å². The molecule has 0 bridgehead atoms. The van der Waals surface area contributed by atoms with Crippen molar-refractivity contribution in [2.45, 2.75) is 0 Å². The first kappa shape index (κ1) is 27.8. The van der Waals surface area contributed by atoms with Gasteiger partial charge in [0.2, 0.25) is 5.89 Å². The quantitative estimate of drug-likeness (QED) is 0.175. The van der Waals surface area contributed by atoms with Gasteiger partial charge in [0.05, 0.1) is 0 Å². The number of anilines is 3. The monoisotopic (exact) mass is 614 g/mol. The van der Waals surface area contributed by atoms with E-state index in [-0.39, 0.29) is 0 Å². The van der Waals surface area contributed by atoms with Gasteiger partial charge >= 0.3 is 0 Å². The number of hydrogen-bond acceptors (Lipinski definition) is 3. The Morgan fingerprint density at radius 1 is 0.396 bits per heavy atom. The number of rotatable bonds is 6. The number of nitrogens with zero attached hydrogens (tertiary/aromatic N) is 2. The summed E-state index contributed by atoms with van der Waals surface area (Å²) >= 11 is 0. The largest absolute Gasteiger partial charge is 0.435 e. The summed E-state index contributed by atoms with van der Waals surface area (Å²) < 4.78 is 6.51. The summed E-state index contributed by atoms with van der Waals surface area (Å²) in [6.07, 6.45) is 0. The predicted octanol–water partition coefficient (Wildman–Crippen LogP) is 12.6. The zero-order chi connectivity index (χ0) is 31.9. The number of para-hydroxylation sites is 1. The van der Waals surface area contributed by atoms with E-state index in [9.17, 15) is 0 Å². The van der Waals surface area contributed by atoms with Crippen LogP contribution < -0.4 is 4.90 Å². The molecule has 1 heterocycles. The molecule has 0 radical (unpaired) electrons. The third-order valence-electron chi connectivity index (χ3n) is 9.08. The summed E-state index contributed by atoms with van der Waals surface area (Å²) in [7, 11) is 0. The first-order valence-corrected chi connectivity index (χ1v) is 16.2. The Morgan fingerprint density at radius 3 is 1.54 bits per heavy atom. The third-order valence-corrected chi connectivity index (χ3v) is 9.08. The fraction of sp³-hybridized carbons (Fsp3) is 0. The molecule has 0 amide bonds. The second kappa shape index (κ2) is 11.7. The molecule has 0 saturated heterocycles. The molecule has 226 valence electrons. The van der Waals surface area contributed by atoms with Crippen LogP contribution in [0.3, 0.4) is 0 Å². The first-order valence-electron chi connectivity index (χ1n) is 16.2. The van der Waals surface area contributed by atoms with E-state index in [0.29, 0.717) is 5.89 Å². The number of aromatic nitrogens is 1. The molecule has 0 saturated carbocycles. The second-order valence-electron chi connectivity index (χ2n) is 12.0. The van der Waals surface area contributed by atoms with Crippen LogP contribution in [0.4, 0.5) is 17.1 Å². The topological polar surface area (TPSA) is 29.3 Å². The van der Waals surface area contributed by atoms with Crippen LogP contribution in [0.25, 0.3) is 66.4 Å². The maximum atomic E-state index is 6.51. The third kappa shape index (κ3) is 4.99. The van der Waals surface area contributed by atoms with Gasteiger partial charge < -0.3 is 9.32 Å². The lowest BCUT2D eigenvalue weighted by Crippen LogP contribution is -2.09. The highest BCUT2D eigenvalue weighted by atomic mass is 16.3. The molecule has 8 aromatic carbocycles. The lowest BCUT2D eigenvalue weighted by molar-refractivity contribution is 0.623. The Labute approximate surface area is 279 Å². The molecule has 0 atom stereocenters. The summed E-state index contributed by atoms with van der Waals surface area (Å²) in [5.41, 5.74) is 10.7. The Bertz CT molecular complexity index is 2520. The van der Waals surface area contributed by atoms with Crippen LogP contribution >= 0.6 is 0 Å².